The molecule has 3 aliphatic rings. The number of rotatable bonds is 7. The molecule has 3 fully saturated rings. The van der Waals surface area contributed by atoms with Crippen molar-refractivity contribution >= 4 is 45.3 Å². The molecule has 3 amide bonds. The van der Waals surface area contributed by atoms with Crippen LogP contribution in [-0.4, -0.2) is 142 Å². The third-order valence-electron chi connectivity index (χ3n) is 8.47. The van der Waals surface area contributed by atoms with E-state index in [4.69, 9.17) is 29.0 Å². The summed E-state index contributed by atoms with van der Waals surface area (Å²) >= 11 is 0. The van der Waals surface area contributed by atoms with Crippen LogP contribution in [0.4, 0.5) is 28.1 Å². The summed E-state index contributed by atoms with van der Waals surface area (Å²) in [7, 11) is 0.501. The van der Waals surface area contributed by atoms with E-state index < -0.39 is 10.1 Å². The summed E-state index contributed by atoms with van der Waals surface area (Å²) in [5.74, 6) is 1.86. The van der Waals surface area contributed by atoms with Crippen molar-refractivity contribution in [3.63, 3.8) is 0 Å². The monoisotopic (exact) mass is 711 g/mol. The van der Waals surface area contributed by atoms with Crippen LogP contribution in [0.25, 0.3) is 11.4 Å². The van der Waals surface area contributed by atoms with Gasteiger partial charge in [0.1, 0.15) is 0 Å². The fourth-order valence-electron chi connectivity index (χ4n) is 5.75. The highest BCUT2D eigenvalue weighted by atomic mass is 32.2. The SMILES string of the molecule is CN(C)C1CCN(C(=O)c2ccc(NC(=O)Nc3ccc(-c4nc(N5CCOCC5)nc(N5CCOCC5)n4)cc3)cc2)CC1.CS(=O)(=O)O. The molecule has 0 unspecified atom stereocenters. The van der Waals surface area contributed by atoms with Crippen LogP contribution >= 0.6 is 0 Å². The summed E-state index contributed by atoms with van der Waals surface area (Å²) in [4.78, 5) is 48.5. The molecule has 1 aromatic heterocycles. The van der Waals surface area contributed by atoms with Gasteiger partial charge in [-0.05, 0) is 75.5 Å². The number of likely N-dealkylation sites (tertiary alicyclic amines) is 1. The largest absolute Gasteiger partial charge is 0.378 e. The lowest BCUT2D eigenvalue weighted by Crippen LogP contribution is -2.44. The Morgan fingerprint density at radius 1 is 0.760 bits per heavy atom. The van der Waals surface area contributed by atoms with Crippen molar-refractivity contribution in [1.29, 1.82) is 0 Å². The van der Waals surface area contributed by atoms with Gasteiger partial charge in [0, 0.05) is 67.8 Å². The molecule has 0 saturated carbocycles. The van der Waals surface area contributed by atoms with Gasteiger partial charge in [-0.25, -0.2) is 4.79 Å². The second-order valence-electron chi connectivity index (χ2n) is 12.4. The minimum Gasteiger partial charge on any atom is -0.378 e. The van der Waals surface area contributed by atoms with Crippen LogP contribution < -0.4 is 20.4 Å². The molecule has 17 heteroatoms. The number of piperidine rings is 1. The Hall–Kier alpha value is -4.42. The molecule has 3 N–H and O–H groups in total. The lowest BCUT2D eigenvalue weighted by molar-refractivity contribution is 0.0663. The van der Waals surface area contributed by atoms with Crippen LogP contribution in [0.5, 0.6) is 0 Å². The van der Waals surface area contributed by atoms with Crippen molar-refractivity contribution in [1.82, 2.24) is 24.8 Å². The van der Waals surface area contributed by atoms with Crippen LogP contribution in [0.1, 0.15) is 23.2 Å². The minimum atomic E-state index is -3.67. The van der Waals surface area contributed by atoms with Gasteiger partial charge in [0.2, 0.25) is 11.9 Å². The molecule has 3 aromatic rings. The Kier molecular flexibility index (Phi) is 12.5. The summed E-state index contributed by atoms with van der Waals surface area (Å²) in [6, 6.07) is 14.6. The van der Waals surface area contributed by atoms with Crippen molar-refractivity contribution in [3.8, 4) is 11.4 Å². The van der Waals surface area contributed by atoms with Gasteiger partial charge in [-0.15, -0.1) is 0 Å². The standard InChI is InChI=1S/C32H41N9O4.CH4O3S/c1-38(2)27-11-13-39(14-12-27)29(42)24-5-9-26(10-6-24)34-32(43)33-25-7-3-23(4-8-25)28-35-30(40-15-19-44-20-16-40)37-31(36-28)41-17-21-45-22-18-41;1-5(2,3)4/h3-10,27H,11-22H2,1-2H3,(H2,33,34,43);1H3,(H,2,3,4). The average molecular weight is 712 g/mol. The zero-order valence-electron chi connectivity index (χ0n) is 28.6. The van der Waals surface area contributed by atoms with Crippen LogP contribution in [0.15, 0.2) is 48.5 Å². The molecule has 50 heavy (non-hydrogen) atoms. The molecular weight excluding hydrogens is 666 g/mol. The van der Waals surface area contributed by atoms with E-state index in [1.807, 2.05) is 29.2 Å². The number of benzene rings is 2. The van der Waals surface area contributed by atoms with E-state index in [-0.39, 0.29) is 11.9 Å². The number of hydrogen-bond donors (Lipinski definition) is 3. The Balaban J connectivity index is 0.000000908. The Morgan fingerprint density at radius 2 is 1.20 bits per heavy atom. The first-order chi connectivity index (χ1) is 23.9. The number of anilines is 4. The zero-order valence-corrected chi connectivity index (χ0v) is 29.4. The van der Waals surface area contributed by atoms with Gasteiger partial charge in [0.05, 0.1) is 32.7 Å². The van der Waals surface area contributed by atoms with Crippen LogP contribution in [0.3, 0.4) is 0 Å². The molecular formula is C33H45N9O7S. The van der Waals surface area contributed by atoms with Crippen molar-refractivity contribution in [2.24, 2.45) is 0 Å². The van der Waals surface area contributed by atoms with E-state index in [0.717, 1.165) is 57.7 Å². The molecule has 2 aromatic carbocycles. The highest BCUT2D eigenvalue weighted by Gasteiger charge is 2.25. The summed E-state index contributed by atoms with van der Waals surface area (Å²) < 4.78 is 36.9. The Bertz CT molecular complexity index is 1650. The Labute approximate surface area is 292 Å². The first kappa shape index (κ1) is 36.9. The molecule has 0 atom stereocenters. The van der Waals surface area contributed by atoms with Gasteiger partial charge in [-0.3, -0.25) is 9.35 Å². The normalized spacial score (nSPS) is 17.2. The van der Waals surface area contributed by atoms with Crippen LogP contribution in [0.2, 0.25) is 0 Å². The molecule has 4 heterocycles. The summed E-state index contributed by atoms with van der Waals surface area (Å²) in [5.41, 5.74) is 2.66. The fourth-order valence-corrected chi connectivity index (χ4v) is 5.75. The number of urea groups is 1. The van der Waals surface area contributed by atoms with Gasteiger partial charge in [-0.1, -0.05) is 0 Å². The Morgan fingerprint density at radius 3 is 1.64 bits per heavy atom. The molecule has 270 valence electrons. The predicted octanol–water partition coefficient (Wildman–Crippen LogP) is 2.53. The molecule has 6 rings (SSSR count). The van der Waals surface area contributed by atoms with E-state index in [9.17, 15) is 18.0 Å². The molecule has 0 spiro atoms. The zero-order chi connectivity index (χ0) is 35.7. The third-order valence-corrected chi connectivity index (χ3v) is 8.47. The second kappa shape index (κ2) is 17.0. The van der Waals surface area contributed by atoms with Gasteiger partial charge in [0.15, 0.2) is 5.82 Å². The average Bonchev–Trinajstić information content (AvgIpc) is 3.12. The highest BCUT2D eigenvalue weighted by molar-refractivity contribution is 7.85. The molecule has 3 saturated heterocycles. The molecule has 0 aliphatic carbocycles. The first-order valence-corrected chi connectivity index (χ1v) is 18.4. The number of morpholine rings is 2. The van der Waals surface area contributed by atoms with Crippen molar-refractivity contribution in [2.75, 3.05) is 106 Å². The second-order valence-corrected chi connectivity index (χ2v) is 13.9. The van der Waals surface area contributed by atoms with E-state index in [2.05, 4.69) is 39.4 Å². The number of nitrogens with zero attached hydrogens (tertiary/aromatic N) is 7. The maximum Gasteiger partial charge on any atom is 0.323 e. The number of hydrogen-bond acceptors (Lipinski definition) is 12. The fraction of sp³-hybridized carbons (Fsp3) is 0.485. The number of ether oxygens (including phenoxy) is 2. The molecule has 0 radical (unpaired) electrons. The number of amides is 3. The van der Waals surface area contributed by atoms with Crippen molar-refractivity contribution < 1.29 is 32.0 Å². The quantitative estimate of drug-likeness (QED) is 0.305. The first-order valence-electron chi connectivity index (χ1n) is 16.5. The number of carbonyl (C=O) groups excluding carboxylic acids is 2. The number of aromatic nitrogens is 3. The van der Waals surface area contributed by atoms with E-state index in [0.29, 0.717) is 73.4 Å². The molecule has 16 nitrogen and oxygen atoms in total. The summed E-state index contributed by atoms with van der Waals surface area (Å²) in [5, 5.41) is 5.71. The maximum absolute atomic E-state index is 13.0. The van der Waals surface area contributed by atoms with E-state index >= 15 is 0 Å². The number of carbonyl (C=O) groups is 2. The lowest BCUT2D eigenvalue weighted by Gasteiger charge is -2.35. The number of nitrogens with one attached hydrogen (secondary N) is 2. The summed E-state index contributed by atoms with van der Waals surface area (Å²) in [6.45, 7) is 6.92. The van der Waals surface area contributed by atoms with Gasteiger partial charge in [-0.2, -0.15) is 23.4 Å². The van der Waals surface area contributed by atoms with Gasteiger partial charge >= 0.3 is 6.03 Å². The third kappa shape index (κ3) is 10.8. The topological polar surface area (TPSA) is 183 Å². The van der Waals surface area contributed by atoms with Crippen LogP contribution in [-0.2, 0) is 19.6 Å². The van der Waals surface area contributed by atoms with E-state index in [1.165, 1.54) is 0 Å². The van der Waals surface area contributed by atoms with Gasteiger partial charge in [0.25, 0.3) is 16.0 Å². The molecule has 0 bridgehead atoms. The molecule has 3 aliphatic heterocycles. The minimum absolute atomic E-state index is 0.0237. The smallest absolute Gasteiger partial charge is 0.323 e. The maximum atomic E-state index is 13.0. The van der Waals surface area contributed by atoms with Crippen molar-refractivity contribution in [2.45, 2.75) is 18.9 Å². The predicted molar refractivity (Wildman–Crippen MR) is 190 cm³/mol. The lowest BCUT2D eigenvalue weighted by atomic mass is 10.0. The highest BCUT2D eigenvalue weighted by Crippen LogP contribution is 2.24. The summed E-state index contributed by atoms with van der Waals surface area (Å²) in [6.07, 6.45) is 2.66. The van der Waals surface area contributed by atoms with Crippen molar-refractivity contribution in [3.05, 3.63) is 54.1 Å². The van der Waals surface area contributed by atoms with E-state index in [1.54, 1.807) is 24.3 Å². The van der Waals surface area contributed by atoms with Gasteiger partial charge < -0.3 is 39.7 Å². The van der Waals surface area contributed by atoms with Crippen LogP contribution in [0, 0.1) is 0 Å².